The van der Waals surface area contributed by atoms with Crippen LogP contribution in [-0.4, -0.2) is 4.98 Å². The highest BCUT2D eigenvalue weighted by Gasteiger charge is 2.47. The predicted molar refractivity (Wildman–Crippen MR) is 56.0 cm³/mol. The van der Waals surface area contributed by atoms with Crippen molar-refractivity contribution < 1.29 is 18.1 Å². The van der Waals surface area contributed by atoms with Gasteiger partial charge in [0.25, 0.3) is 0 Å². The number of hydrogen-bond donors (Lipinski definition) is 0. The first-order valence-corrected chi connectivity index (χ1v) is 6.24. The summed E-state index contributed by atoms with van der Waals surface area (Å²) in [6.07, 6.45) is 0. The minimum absolute atomic E-state index is 0.431. The van der Waals surface area contributed by atoms with E-state index in [-0.39, 0.29) is 0 Å². The van der Waals surface area contributed by atoms with Crippen molar-refractivity contribution in [2.24, 2.45) is 0 Å². The lowest BCUT2D eigenvalue weighted by atomic mass is 10.1. The van der Waals surface area contributed by atoms with Crippen molar-refractivity contribution in [1.29, 1.82) is 0 Å². The number of fused-ring (bicyclic) bond motifs is 1. The summed E-state index contributed by atoms with van der Waals surface area (Å²) in [6.45, 7) is 1.79. The molecule has 2 bridgehead atoms. The lowest BCUT2D eigenvalue weighted by Crippen LogP contribution is -2.03. The Kier molecular flexibility index (Phi) is 1.22. The Morgan fingerprint density at radius 3 is 2.88 bits per heavy atom. The van der Waals surface area contributed by atoms with Crippen molar-refractivity contribution >= 4 is 18.7 Å². The van der Waals surface area contributed by atoms with Crippen LogP contribution >= 0.6 is 7.82 Å². The maximum absolute atomic E-state index is 12.0. The van der Waals surface area contributed by atoms with Gasteiger partial charge in [-0.05, 0) is 19.1 Å². The van der Waals surface area contributed by atoms with E-state index in [9.17, 15) is 4.57 Å². The molecule has 1 aromatic heterocycles. The first-order valence-electron chi connectivity index (χ1n) is 4.78. The van der Waals surface area contributed by atoms with Crippen molar-refractivity contribution in [2.45, 2.75) is 6.92 Å². The molecule has 2 aromatic rings. The van der Waals surface area contributed by atoms with Crippen molar-refractivity contribution in [3.8, 4) is 17.2 Å². The quantitative estimate of drug-likeness (QED) is 0.657. The molecule has 1 unspecified atom stereocenters. The molecule has 0 saturated heterocycles. The van der Waals surface area contributed by atoms with Gasteiger partial charge in [-0.1, -0.05) is 6.07 Å². The maximum Gasteiger partial charge on any atom is 0.647 e. The van der Waals surface area contributed by atoms with E-state index in [1.807, 2.05) is 6.07 Å². The number of aryl methyl sites for hydroxylation is 1. The molecule has 3 heterocycles. The van der Waals surface area contributed by atoms with E-state index >= 15 is 0 Å². The first kappa shape index (κ1) is 8.42. The molecule has 1 aromatic carbocycles. The van der Waals surface area contributed by atoms with Gasteiger partial charge in [-0.15, -0.1) is 0 Å². The minimum Gasteiger partial charge on any atom is -0.385 e. The monoisotopic (exact) mass is 235 g/mol. The summed E-state index contributed by atoms with van der Waals surface area (Å²) >= 11 is 0. The van der Waals surface area contributed by atoms with Gasteiger partial charge in [0.15, 0.2) is 11.5 Å². The third-order valence-corrected chi connectivity index (χ3v) is 3.90. The van der Waals surface area contributed by atoms with Gasteiger partial charge in [-0.3, -0.25) is 0 Å². The fourth-order valence-corrected chi connectivity index (χ4v) is 3.36. The van der Waals surface area contributed by atoms with E-state index in [2.05, 4.69) is 4.98 Å². The Balaban J connectivity index is 2.29. The summed E-state index contributed by atoms with van der Waals surface area (Å²) in [5.74, 6) is 1.43. The van der Waals surface area contributed by atoms with Crippen LogP contribution in [0.4, 0.5) is 0 Å². The third kappa shape index (κ3) is 0.831. The highest BCUT2D eigenvalue weighted by Crippen LogP contribution is 2.66. The second-order valence-corrected chi connectivity index (χ2v) is 5.17. The van der Waals surface area contributed by atoms with Crippen LogP contribution in [0, 0.1) is 6.92 Å². The summed E-state index contributed by atoms with van der Waals surface area (Å²) in [4.78, 5) is 4.36. The van der Waals surface area contributed by atoms with Crippen molar-refractivity contribution in [2.75, 3.05) is 0 Å². The zero-order valence-electron chi connectivity index (χ0n) is 8.26. The second-order valence-electron chi connectivity index (χ2n) is 3.73. The highest BCUT2D eigenvalue weighted by molar-refractivity contribution is 7.50. The summed E-state index contributed by atoms with van der Waals surface area (Å²) in [6, 6.07) is 5.39. The highest BCUT2D eigenvalue weighted by atomic mass is 31.2. The average Bonchev–Trinajstić information content (AvgIpc) is 2.51. The normalized spacial score (nSPS) is 24.1. The first-order chi connectivity index (χ1) is 7.66. The van der Waals surface area contributed by atoms with Crippen LogP contribution in [0.2, 0.25) is 0 Å². The molecular formula is C10H6NO4P. The SMILES string of the molecule is Cc1nc2cccc3c2c2c1OP(=O)(O3)O2. The van der Waals surface area contributed by atoms with Crippen LogP contribution < -0.4 is 13.6 Å². The number of hydrogen-bond acceptors (Lipinski definition) is 5. The molecule has 4 rings (SSSR count). The minimum atomic E-state index is -3.48. The predicted octanol–water partition coefficient (Wildman–Crippen LogP) is 2.81. The van der Waals surface area contributed by atoms with Crippen LogP contribution in [0.15, 0.2) is 18.2 Å². The van der Waals surface area contributed by atoms with Gasteiger partial charge in [-0.2, -0.15) is 4.57 Å². The third-order valence-electron chi connectivity index (χ3n) is 2.67. The molecule has 2 aliphatic heterocycles. The van der Waals surface area contributed by atoms with Gasteiger partial charge in [-0.25, -0.2) is 4.98 Å². The molecule has 0 saturated carbocycles. The average molecular weight is 235 g/mol. The lowest BCUT2D eigenvalue weighted by Gasteiger charge is -2.15. The summed E-state index contributed by atoms with van der Waals surface area (Å²) in [7, 11) is -3.48. The van der Waals surface area contributed by atoms with Crippen LogP contribution in [0.1, 0.15) is 5.69 Å². The maximum atomic E-state index is 12.0. The number of benzene rings is 1. The van der Waals surface area contributed by atoms with Crippen molar-refractivity contribution in [3.05, 3.63) is 23.9 Å². The number of phosphoric acid groups is 1. The van der Waals surface area contributed by atoms with Gasteiger partial charge in [0.05, 0.1) is 16.6 Å². The smallest absolute Gasteiger partial charge is 0.385 e. The fraction of sp³-hybridized carbons (Fsp3) is 0.100. The van der Waals surface area contributed by atoms with E-state index in [0.717, 1.165) is 10.9 Å². The van der Waals surface area contributed by atoms with Crippen LogP contribution in [-0.2, 0) is 4.57 Å². The molecule has 0 amide bonds. The van der Waals surface area contributed by atoms with E-state index in [0.29, 0.717) is 22.9 Å². The van der Waals surface area contributed by atoms with Gasteiger partial charge >= 0.3 is 7.82 Å². The number of aromatic nitrogens is 1. The Morgan fingerprint density at radius 1 is 1.19 bits per heavy atom. The van der Waals surface area contributed by atoms with E-state index < -0.39 is 7.82 Å². The molecule has 0 spiro atoms. The molecular weight excluding hydrogens is 229 g/mol. The molecule has 0 fully saturated rings. The van der Waals surface area contributed by atoms with Crippen molar-refractivity contribution in [1.82, 2.24) is 4.98 Å². The molecule has 1 atom stereocenters. The number of nitrogens with zero attached hydrogens (tertiary/aromatic N) is 1. The Morgan fingerprint density at radius 2 is 2.00 bits per heavy atom. The van der Waals surface area contributed by atoms with Gasteiger partial charge in [0, 0.05) is 0 Å². The topological polar surface area (TPSA) is 57.7 Å². The molecule has 16 heavy (non-hydrogen) atoms. The fourth-order valence-electron chi connectivity index (χ4n) is 2.02. The second kappa shape index (κ2) is 2.33. The number of pyridine rings is 1. The van der Waals surface area contributed by atoms with Crippen LogP contribution in [0.25, 0.3) is 10.9 Å². The van der Waals surface area contributed by atoms with E-state index in [1.54, 1.807) is 19.1 Å². The Bertz CT molecular complexity index is 697. The van der Waals surface area contributed by atoms with E-state index in [1.165, 1.54) is 0 Å². The van der Waals surface area contributed by atoms with Gasteiger partial charge in [0.1, 0.15) is 5.75 Å². The van der Waals surface area contributed by atoms with Crippen LogP contribution in [0.3, 0.4) is 0 Å². The zero-order chi connectivity index (χ0) is 10.9. The molecule has 0 aliphatic carbocycles. The Labute approximate surface area is 90.6 Å². The molecule has 0 N–H and O–H groups in total. The van der Waals surface area contributed by atoms with Crippen molar-refractivity contribution in [3.63, 3.8) is 0 Å². The lowest BCUT2D eigenvalue weighted by molar-refractivity contribution is 0.327. The summed E-state index contributed by atoms with van der Waals surface area (Å²) in [5.41, 5.74) is 1.41. The standard InChI is InChI=1S/C10H6NO4P/c1-5-9-10-8-6(11-5)3-2-4-7(8)13-16(12,14-9)15-10/h2-4H,1H3. The summed E-state index contributed by atoms with van der Waals surface area (Å²) in [5, 5.41) is 0.729. The molecule has 0 radical (unpaired) electrons. The van der Waals surface area contributed by atoms with Crippen LogP contribution in [0.5, 0.6) is 17.2 Å². The number of phosphoric ester groups is 1. The molecule has 2 aliphatic rings. The molecule has 5 nitrogen and oxygen atoms in total. The number of rotatable bonds is 0. The Hall–Kier alpha value is -1.74. The molecule has 6 heteroatoms. The largest absolute Gasteiger partial charge is 0.647 e. The molecule has 80 valence electrons. The van der Waals surface area contributed by atoms with Gasteiger partial charge < -0.3 is 13.6 Å². The van der Waals surface area contributed by atoms with Gasteiger partial charge in [0.2, 0.25) is 0 Å². The zero-order valence-corrected chi connectivity index (χ0v) is 9.15. The van der Waals surface area contributed by atoms with E-state index in [4.69, 9.17) is 13.6 Å². The summed E-state index contributed by atoms with van der Waals surface area (Å²) < 4.78 is 27.7.